The highest BCUT2D eigenvalue weighted by molar-refractivity contribution is 5.91. The first-order valence-electron chi connectivity index (χ1n) is 10.4. The second kappa shape index (κ2) is 10.8. The topological polar surface area (TPSA) is 54.7 Å². The standard InChI is InChI=1S/C25H29FN2O3/c1-18(2)14-27-25(29)24-11-10-23(31-24)17-28(15-19-6-4-8-21(26)12-19)16-20-7-5-9-22(13-20)30-3/h4-13,18H,14-17H2,1-3H3,(H,27,29). The van der Waals surface area contributed by atoms with Crippen molar-refractivity contribution in [2.45, 2.75) is 33.5 Å². The molecule has 3 rings (SSSR count). The van der Waals surface area contributed by atoms with Gasteiger partial charge in [0.25, 0.3) is 5.91 Å². The molecule has 0 bridgehead atoms. The molecular formula is C25H29FN2O3. The van der Waals surface area contributed by atoms with E-state index in [0.717, 1.165) is 16.9 Å². The zero-order chi connectivity index (χ0) is 22.2. The molecule has 2 aromatic carbocycles. The number of carbonyl (C=O) groups is 1. The number of halogens is 1. The van der Waals surface area contributed by atoms with Crippen LogP contribution in [0.3, 0.4) is 0 Å². The average molecular weight is 425 g/mol. The van der Waals surface area contributed by atoms with Gasteiger partial charge in [-0.25, -0.2) is 4.39 Å². The Balaban J connectivity index is 1.75. The first-order chi connectivity index (χ1) is 14.9. The van der Waals surface area contributed by atoms with Crippen molar-refractivity contribution in [2.24, 2.45) is 5.92 Å². The van der Waals surface area contributed by atoms with Crippen LogP contribution in [0.2, 0.25) is 0 Å². The summed E-state index contributed by atoms with van der Waals surface area (Å²) in [6.45, 7) is 6.29. The second-order valence-corrected chi connectivity index (χ2v) is 8.00. The molecule has 0 spiro atoms. The first kappa shape index (κ1) is 22.6. The van der Waals surface area contributed by atoms with Gasteiger partial charge in [-0.3, -0.25) is 9.69 Å². The molecule has 1 N–H and O–H groups in total. The van der Waals surface area contributed by atoms with Gasteiger partial charge >= 0.3 is 0 Å². The van der Waals surface area contributed by atoms with Crippen molar-refractivity contribution in [1.82, 2.24) is 10.2 Å². The molecule has 1 aromatic heterocycles. The van der Waals surface area contributed by atoms with Gasteiger partial charge in [-0.15, -0.1) is 0 Å². The van der Waals surface area contributed by atoms with Crippen LogP contribution in [0.25, 0.3) is 0 Å². The second-order valence-electron chi connectivity index (χ2n) is 8.00. The molecule has 0 aliphatic rings. The van der Waals surface area contributed by atoms with E-state index in [0.29, 0.717) is 43.6 Å². The fourth-order valence-corrected chi connectivity index (χ4v) is 3.28. The molecule has 0 fully saturated rings. The van der Waals surface area contributed by atoms with Crippen LogP contribution in [-0.4, -0.2) is 24.5 Å². The maximum atomic E-state index is 13.7. The molecule has 164 valence electrons. The number of nitrogens with one attached hydrogen (secondary N) is 1. The highest BCUT2D eigenvalue weighted by Crippen LogP contribution is 2.19. The smallest absolute Gasteiger partial charge is 0.287 e. The van der Waals surface area contributed by atoms with Crippen LogP contribution in [0.4, 0.5) is 4.39 Å². The van der Waals surface area contributed by atoms with Crippen LogP contribution in [0, 0.1) is 11.7 Å². The summed E-state index contributed by atoms with van der Waals surface area (Å²) in [5, 5.41) is 2.86. The summed E-state index contributed by atoms with van der Waals surface area (Å²) in [5.74, 6) is 1.63. The number of amides is 1. The number of rotatable bonds is 10. The molecule has 0 aliphatic carbocycles. The molecule has 0 saturated carbocycles. The van der Waals surface area contributed by atoms with E-state index < -0.39 is 0 Å². The molecule has 1 heterocycles. The van der Waals surface area contributed by atoms with Crippen LogP contribution in [-0.2, 0) is 19.6 Å². The summed E-state index contributed by atoms with van der Waals surface area (Å²) in [7, 11) is 1.64. The Morgan fingerprint density at radius 2 is 1.74 bits per heavy atom. The van der Waals surface area contributed by atoms with Gasteiger partial charge in [0.1, 0.15) is 17.3 Å². The van der Waals surface area contributed by atoms with Gasteiger partial charge in [-0.2, -0.15) is 0 Å². The van der Waals surface area contributed by atoms with Crippen LogP contribution in [0.15, 0.2) is 65.1 Å². The number of hydrogen-bond donors (Lipinski definition) is 1. The third-order valence-electron chi connectivity index (χ3n) is 4.77. The molecule has 0 aliphatic heterocycles. The van der Waals surface area contributed by atoms with Gasteiger partial charge in [-0.1, -0.05) is 38.1 Å². The SMILES string of the molecule is COc1cccc(CN(Cc2cccc(F)c2)Cc2ccc(C(=O)NCC(C)C)o2)c1. The van der Waals surface area contributed by atoms with Crippen LogP contribution in [0.1, 0.15) is 41.3 Å². The molecule has 6 heteroatoms. The Morgan fingerprint density at radius 3 is 2.42 bits per heavy atom. The molecular weight excluding hydrogens is 395 g/mol. The van der Waals surface area contributed by atoms with E-state index in [1.165, 1.54) is 12.1 Å². The number of hydrogen-bond acceptors (Lipinski definition) is 4. The summed E-state index contributed by atoms with van der Waals surface area (Å²) in [5.41, 5.74) is 1.93. The zero-order valence-corrected chi connectivity index (χ0v) is 18.2. The van der Waals surface area contributed by atoms with Gasteiger partial charge in [0.15, 0.2) is 5.76 Å². The lowest BCUT2D eigenvalue weighted by atomic mass is 10.1. The molecule has 0 saturated heterocycles. The van der Waals surface area contributed by atoms with Crippen molar-refractivity contribution in [3.63, 3.8) is 0 Å². The van der Waals surface area contributed by atoms with E-state index in [9.17, 15) is 9.18 Å². The predicted octanol–water partition coefficient (Wildman–Crippen LogP) is 5.02. The van der Waals surface area contributed by atoms with Gasteiger partial charge in [0.05, 0.1) is 13.7 Å². The number of carbonyl (C=O) groups excluding carboxylic acids is 1. The normalized spacial score (nSPS) is 11.2. The number of nitrogens with zero attached hydrogens (tertiary/aromatic N) is 1. The predicted molar refractivity (Wildman–Crippen MR) is 118 cm³/mol. The minimum atomic E-state index is -0.263. The lowest BCUT2D eigenvalue weighted by molar-refractivity contribution is 0.0916. The summed E-state index contributed by atoms with van der Waals surface area (Å²) >= 11 is 0. The number of furan rings is 1. The van der Waals surface area contributed by atoms with Crippen LogP contribution < -0.4 is 10.1 Å². The van der Waals surface area contributed by atoms with Crippen LogP contribution >= 0.6 is 0 Å². The summed E-state index contributed by atoms with van der Waals surface area (Å²) in [4.78, 5) is 14.4. The minimum absolute atomic E-state index is 0.218. The largest absolute Gasteiger partial charge is 0.497 e. The Labute approximate surface area is 182 Å². The van der Waals surface area contributed by atoms with E-state index >= 15 is 0 Å². The van der Waals surface area contributed by atoms with Gasteiger partial charge < -0.3 is 14.5 Å². The lowest BCUT2D eigenvalue weighted by Gasteiger charge is -2.22. The molecule has 3 aromatic rings. The molecule has 0 unspecified atom stereocenters. The quantitative estimate of drug-likeness (QED) is 0.497. The Hall–Kier alpha value is -3.12. The number of ether oxygens (including phenoxy) is 1. The fraction of sp³-hybridized carbons (Fsp3) is 0.320. The summed E-state index contributed by atoms with van der Waals surface area (Å²) < 4.78 is 24.8. The van der Waals surface area contributed by atoms with E-state index in [1.807, 2.05) is 50.2 Å². The van der Waals surface area contributed by atoms with Gasteiger partial charge in [-0.05, 0) is 53.4 Å². The van der Waals surface area contributed by atoms with Crippen molar-refractivity contribution in [3.8, 4) is 5.75 Å². The maximum absolute atomic E-state index is 13.7. The van der Waals surface area contributed by atoms with Crippen molar-refractivity contribution >= 4 is 5.91 Å². The highest BCUT2D eigenvalue weighted by Gasteiger charge is 2.15. The summed E-state index contributed by atoms with van der Waals surface area (Å²) in [6, 6.07) is 17.9. The highest BCUT2D eigenvalue weighted by atomic mass is 19.1. The molecule has 0 atom stereocenters. The Morgan fingerprint density at radius 1 is 1.03 bits per heavy atom. The first-order valence-corrected chi connectivity index (χ1v) is 10.4. The van der Waals surface area contributed by atoms with Crippen molar-refractivity contribution in [2.75, 3.05) is 13.7 Å². The van der Waals surface area contributed by atoms with Crippen molar-refractivity contribution < 1.29 is 18.3 Å². The van der Waals surface area contributed by atoms with Crippen LogP contribution in [0.5, 0.6) is 5.75 Å². The third kappa shape index (κ3) is 6.96. The lowest BCUT2D eigenvalue weighted by Crippen LogP contribution is -2.27. The van der Waals surface area contributed by atoms with E-state index in [1.54, 1.807) is 19.2 Å². The zero-order valence-electron chi connectivity index (χ0n) is 18.2. The van der Waals surface area contributed by atoms with Gasteiger partial charge in [0, 0.05) is 19.6 Å². The van der Waals surface area contributed by atoms with E-state index in [4.69, 9.17) is 9.15 Å². The van der Waals surface area contributed by atoms with Gasteiger partial charge in [0.2, 0.25) is 0 Å². The Bertz CT molecular complexity index is 1000. The molecule has 5 nitrogen and oxygen atoms in total. The summed E-state index contributed by atoms with van der Waals surface area (Å²) in [6.07, 6.45) is 0. The maximum Gasteiger partial charge on any atom is 0.287 e. The third-order valence-corrected chi connectivity index (χ3v) is 4.77. The minimum Gasteiger partial charge on any atom is -0.497 e. The number of benzene rings is 2. The number of methoxy groups -OCH3 is 1. The van der Waals surface area contributed by atoms with E-state index in [-0.39, 0.29) is 11.7 Å². The monoisotopic (exact) mass is 424 g/mol. The average Bonchev–Trinajstić information content (AvgIpc) is 3.20. The molecule has 31 heavy (non-hydrogen) atoms. The molecule has 0 radical (unpaired) electrons. The molecule has 1 amide bonds. The van der Waals surface area contributed by atoms with E-state index in [2.05, 4.69) is 10.2 Å². The Kier molecular flexibility index (Phi) is 7.84. The van der Waals surface area contributed by atoms with Crippen molar-refractivity contribution in [3.05, 3.63) is 89.1 Å². The van der Waals surface area contributed by atoms with Crippen molar-refractivity contribution in [1.29, 1.82) is 0 Å². The fourth-order valence-electron chi connectivity index (χ4n) is 3.28.